The molecule has 0 fully saturated rings. The van der Waals surface area contributed by atoms with E-state index in [1.807, 2.05) is 13.8 Å². The van der Waals surface area contributed by atoms with E-state index >= 15 is 0 Å². The normalized spacial score (nSPS) is 11.0. The first kappa shape index (κ1) is 19.8. The van der Waals surface area contributed by atoms with Gasteiger partial charge in [0.15, 0.2) is 0 Å². The van der Waals surface area contributed by atoms with Crippen molar-refractivity contribution in [2.45, 2.75) is 38.0 Å². The fourth-order valence-electron chi connectivity index (χ4n) is 2.34. The predicted molar refractivity (Wildman–Crippen MR) is 103 cm³/mol. The molecular formula is C19H24N2O4S. The first-order chi connectivity index (χ1) is 12.4. The number of ether oxygens (including phenoxy) is 1. The number of anilines is 2. The Bertz CT molecular complexity index is 862. The molecule has 2 aromatic rings. The molecule has 0 bridgehead atoms. The van der Waals surface area contributed by atoms with Crippen LogP contribution in [0.4, 0.5) is 11.4 Å². The van der Waals surface area contributed by atoms with Crippen LogP contribution in [0.1, 0.15) is 31.7 Å². The Morgan fingerprint density at radius 2 is 1.81 bits per heavy atom. The van der Waals surface area contributed by atoms with Crippen LogP contribution in [0.25, 0.3) is 0 Å². The van der Waals surface area contributed by atoms with Gasteiger partial charge in [0, 0.05) is 12.5 Å². The third-order valence-electron chi connectivity index (χ3n) is 3.82. The summed E-state index contributed by atoms with van der Waals surface area (Å²) in [6.07, 6.45) is 2.17. The summed E-state index contributed by atoms with van der Waals surface area (Å²) in [5.74, 6) is 0.289. The molecule has 0 atom stereocenters. The summed E-state index contributed by atoms with van der Waals surface area (Å²) < 4.78 is 32.7. The van der Waals surface area contributed by atoms with Gasteiger partial charge >= 0.3 is 0 Å². The molecule has 2 N–H and O–H groups in total. The van der Waals surface area contributed by atoms with Crippen molar-refractivity contribution >= 4 is 27.3 Å². The van der Waals surface area contributed by atoms with Crippen LogP contribution in [0.15, 0.2) is 47.4 Å². The first-order valence-electron chi connectivity index (χ1n) is 8.43. The quantitative estimate of drug-likeness (QED) is 0.731. The van der Waals surface area contributed by atoms with Crippen LogP contribution in [0.2, 0.25) is 0 Å². The Morgan fingerprint density at radius 3 is 2.42 bits per heavy atom. The second kappa shape index (κ2) is 8.71. The highest BCUT2D eigenvalue weighted by Gasteiger charge is 2.15. The van der Waals surface area contributed by atoms with E-state index in [1.54, 1.807) is 42.5 Å². The number of benzene rings is 2. The number of methoxy groups -OCH3 is 1. The van der Waals surface area contributed by atoms with E-state index in [9.17, 15) is 13.2 Å². The Labute approximate surface area is 154 Å². The monoisotopic (exact) mass is 376 g/mol. The number of nitrogens with one attached hydrogen (secondary N) is 2. The summed E-state index contributed by atoms with van der Waals surface area (Å²) in [6, 6.07) is 11.3. The minimum atomic E-state index is -3.70. The summed E-state index contributed by atoms with van der Waals surface area (Å²) in [6.45, 7) is 3.91. The van der Waals surface area contributed by atoms with Crippen molar-refractivity contribution in [1.82, 2.24) is 0 Å². The maximum absolute atomic E-state index is 12.5. The molecule has 0 aromatic heterocycles. The Kier molecular flexibility index (Phi) is 6.63. The molecule has 0 heterocycles. The summed E-state index contributed by atoms with van der Waals surface area (Å²) in [5, 5.41) is 2.78. The largest absolute Gasteiger partial charge is 0.494 e. The van der Waals surface area contributed by atoms with Crippen molar-refractivity contribution in [2.75, 3.05) is 17.1 Å². The molecule has 0 aliphatic rings. The van der Waals surface area contributed by atoms with Crippen LogP contribution in [0, 0.1) is 6.92 Å². The Morgan fingerprint density at radius 1 is 1.12 bits per heavy atom. The van der Waals surface area contributed by atoms with Crippen molar-refractivity contribution in [1.29, 1.82) is 0 Å². The third kappa shape index (κ3) is 5.23. The van der Waals surface area contributed by atoms with Crippen LogP contribution in [-0.4, -0.2) is 21.4 Å². The number of carbonyl (C=O) groups excluding carboxylic acids is 1. The number of aryl methyl sites for hydroxylation is 1. The second-order valence-electron chi connectivity index (χ2n) is 5.99. The lowest BCUT2D eigenvalue weighted by Gasteiger charge is -2.13. The topological polar surface area (TPSA) is 84.5 Å². The van der Waals surface area contributed by atoms with E-state index in [0.29, 0.717) is 23.5 Å². The van der Waals surface area contributed by atoms with Gasteiger partial charge in [-0.25, -0.2) is 8.42 Å². The van der Waals surface area contributed by atoms with Crippen LogP contribution in [0.3, 0.4) is 0 Å². The highest BCUT2D eigenvalue weighted by Crippen LogP contribution is 2.29. The Balaban J connectivity index is 2.18. The lowest BCUT2D eigenvalue weighted by Crippen LogP contribution is -2.14. The van der Waals surface area contributed by atoms with Crippen molar-refractivity contribution in [3.05, 3.63) is 48.0 Å². The van der Waals surface area contributed by atoms with Gasteiger partial charge in [0.2, 0.25) is 5.91 Å². The van der Waals surface area contributed by atoms with Gasteiger partial charge in [0.05, 0.1) is 23.4 Å². The van der Waals surface area contributed by atoms with Crippen molar-refractivity contribution in [3.8, 4) is 5.75 Å². The second-order valence-corrected chi connectivity index (χ2v) is 7.67. The molecule has 0 saturated carbocycles. The SMILES string of the molecule is CCCCC(=O)Nc1ccc(NS(=O)(=O)c2ccc(C)cc2)cc1OC. The van der Waals surface area contributed by atoms with E-state index in [-0.39, 0.29) is 10.8 Å². The number of unbranched alkanes of at least 4 members (excludes halogenated alkanes) is 1. The van der Waals surface area contributed by atoms with Gasteiger partial charge in [-0.1, -0.05) is 31.0 Å². The average molecular weight is 376 g/mol. The number of carbonyl (C=O) groups is 1. The van der Waals surface area contributed by atoms with Crippen molar-refractivity contribution in [3.63, 3.8) is 0 Å². The predicted octanol–water partition coefficient (Wildman–Crippen LogP) is 3.93. The van der Waals surface area contributed by atoms with Gasteiger partial charge in [-0.2, -0.15) is 0 Å². The number of hydrogen-bond acceptors (Lipinski definition) is 4. The molecule has 0 saturated heterocycles. The zero-order valence-corrected chi connectivity index (χ0v) is 16.0. The van der Waals surface area contributed by atoms with Gasteiger partial charge in [0.1, 0.15) is 5.75 Å². The number of rotatable bonds is 8. The molecule has 0 aliphatic heterocycles. The van der Waals surface area contributed by atoms with Crippen molar-refractivity contribution in [2.24, 2.45) is 0 Å². The number of sulfonamides is 1. The highest BCUT2D eigenvalue weighted by molar-refractivity contribution is 7.92. The van der Waals surface area contributed by atoms with Gasteiger partial charge in [-0.15, -0.1) is 0 Å². The summed E-state index contributed by atoms with van der Waals surface area (Å²) >= 11 is 0. The molecule has 2 rings (SSSR count). The molecule has 6 nitrogen and oxygen atoms in total. The summed E-state index contributed by atoms with van der Waals surface area (Å²) in [5.41, 5.74) is 1.84. The van der Waals surface area contributed by atoms with E-state index in [0.717, 1.165) is 18.4 Å². The lowest BCUT2D eigenvalue weighted by molar-refractivity contribution is -0.116. The maximum atomic E-state index is 12.5. The molecule has 0 aliphatic carbocycles. The molecular weight excluding hydrogens is 352 g/mol. The molecule has 0 radical (unpaired) electrons. The molecule has 2 aromatic carbocycles. The van der Waals surface area contributed by atoms with Gasteiger partial charge in [-0.3, -0.25) is 9.52 Å². The van der Waals surface area contributed by atoms with Crippen LogP contribution >= 0.6 is 0 Å². The summed E-state index contributed by atoms with van der Waals surface area (Å²) in [7, 11) is -2.23. The fourth-order valence-corrected chi connectivity index (χ4v) is 3.39. The van der Waals surface area contributed by atoms with Gasteiger partial charge in [-0.05, 0) is 37.6 Å². The smallest absolute Gasteiger partial charge is 0.261 e. The fraction of sp³-hybridized carbons (Fsp3) is 0.316. The lowest BCUT2D eigenvalue weighted by atomic mass is 10.2. The highest BCUT2D eigenvalue weighted by atomic mass is 32.2. The van der Waals surface area contributed by atoms with Crippen LogP contribution < -0.4 is 14.8 Å². The Hall–Kier alpha value is -2.54. The van der Waals surface area contributed by atoms with E-state index in [4.69, 9.17) is 4.74 Å². The zero-order valence-electron chi connectivity index (χ0n) is 15.2. The van der Waals surface area contributed by atoms with Crippen LogP contribution in [-0.2, 0) is 14.8 Å². The zero-order chi connectivity index (χ0) is 19.2. The number of amides is 1. The summed E-state index contributed by atoms with van der Waals surface area (Å²) in [4.78, 5) is 12.1. The number of hydrogen-bond donors (Lipinski definition) is 2. The molecule has 7 heteroatoms. The average Bonchev–Trinajstić information content (AvgIpc) is 2.61. The van der Waals surface area contributed by atoms with E-state index < -0.39 is 10.0 Å². The minimum Gasteiger partial charge on any atom is -0.494 e. The standard InChI is InChI=1S/C19H24N2O4S/c1-4-5-6-19(22)20-17-12-9-15(13-18(17)25-3)21-26(23,24)16-10-7-14(2)8-11-16/h7-13,21H,4-6H2,1-3H3,(H,20,22). The molecule has 26 heavy (non-hydrogen) atoms. The van der Waals surface area contributed by atoms with Crippen molar-refractivity contribution < 1.29 is 17.9 Å². The van der Waals surface area contributed by atoms with E-state index in [1.165, 1.54) is 7.11 Å². The molecule has 140 valence electrons. The minimum absolute atomic E-state index is 0.0989. The van der Waals surface area contributed by atoms with Crippen LogP contribution in [0.5, 0.6) is 5.75 Å². The first-order valence-corrected chi connectivity index (χ1v) is 9.91. The molecule has 1 amide bonds. The van der Waals surface area contributed by atoms with Gasteiger partial charge in [0.25, 0.3) is 10.0 Å². The molecule has 0 unspecified atom stereocenters. The third-order valence-corrected chi connectivity index (χ3v) is 5.21. The van der Waals surface area contributed by atoms with E-state index in [2.05, 4.69) is 10.0 Å². The maximum Gasteiger partial charge on any atom is 0.261 e. The van der Waals surface area contributed by atoms with Gasteiger partial charge < -0.3 is 10.1 Å². The molecule has 0 spiro atoms.